The van der Waals surface area contributed by atoms with Crippen LogP contribution in [0, 0.1) is 0 Å². The summed E-state index contributed by atoms with van der Waals surface area (Å²) in [7, 11) is 0. The topological polar surface area (TPSA) is 64.6 Å². The van der Waals surface area contributed by atoms with Gasteiger partial charge >= 0.3 is 6.03 Å². The number of aliphatic hydroxyl groups is 1. The van der Waals surface area contributed by atoms with Crippen molar-refractivity contribution in [1.82, 2.24) is 10.6 Å². The van der Waals surface area contributed by atoms with Crippen molar-refractivity contribution in [3.05, 3.63) is 29.8 Å². The highest BCUT2D eigenvalue weighted by Gasteiger charge is 2.14. The van der Waals surface area contributed by atoms with Gasteiger partial charge in [0, 0.05) is 31.9 Å². The minimum absolute atomic E-state index is 0.186. The standard InChI is InChI=1S/C17H27N3O2/c1-14(21)9-10-18-17(22)19-13-15-7-3-4-8-16(15)20-11-5-2-6-12-20/h3-4,7-8,14,21H,2,5-6,9-13H2,1H3,(H2,18,19,22). The van der Waals surface area contributed by atoms with Crippen LogP contribution in [0.4, 0.5) is 10.5 Å². The van der Waals surface area contributed by atoms with Gasteiger partial charge in [-0.1, -0.05) is 18.2 Å². The molecule has 1 aliphatic heterocycles. The first-order chi connectivity index (χ1) is 10.7. The molecule has 1 heterocycles. The average molecular weight is 305 g/mol. The minimum atomic E-state index is -0.389. The molecule has 1 aromatic carbocycles. The number of amides is 2. The van der Waals surface area contributed by atoms with Gasteiger partial charge in [-0.05, 0) is 44.2 Å². The highest BCUT2D eigenvalue weighted by Crippen LogP contribution is 2.23. The molecule has 3 N–H and O–H groups in total. The molecule has 1 aliphatic rings. The fourth-order valence-electron chi connectivity index (χ4n) is 2.74. The molecule has 122 valence electrons. The summed E-state index contributed by atoms with van der Waals surface area (Å²) in [4.78, 5) is 14.2. The van der Waals surface area contributed by atoms with E-state index in [0.717, 1.165) is 18.7 Å². The minimum Gasteiger partial charge on any atom is -0.393 e. The number of nitrogens with one attached hydrogen (secondary N) is 2. The van der Waals surface area contributed by atoms with E-state index in [1.54, 1.807) is 6.92 Å². The van der Waals surface area contributed by atoms with Crippen molar-refractivity contribution >= 4 is 11.7 Å². The number of piperidine rings is 1. The number of anilines is 1. The molecule has 1 aromatic rings. The maximum Gasteiger partial charge on any atom is 0.315 e. The molecule has 1 atom stereocenters. The fraction of sp³-hybridized carbons (Fsp3) is 0.588. The molecule has 2 rings (SSSR count). The third-order valence-electron chi connectivity index (χ3n) is 3.98. The molecular weight excluding hydrogens is 278 g/mol. The van der Waals surface area contributed by atoms with Crippen LogP contribution in [-0.4, -0.2) is 36.9 Å². The van der Waals surface area contributed by atoms with Crippen molar-refractivity contribution in [2.24, 2.45) is 0 Å². The number of carbonyl (C=O) groups excluding carboxylic acids is 1. The summed E-state index contributed by atoms with van der Waals surface area (Å²) in [6, 6.07) is 8.08. The van der Waals surface area contributed by atoms with Crippen molar-refractivity contribution in [2.75, 3.05) is 24.5 Å². The first-order valence-electron chi connectivity index (χ1n) is 8.19. The van der Waals surface area contributed by atoms with E-state index in [4.69, 9.17) is 0 Å². The van der Waals surface area contributed by atoms with E-state index in [2.05, 4.69) is 33.7 Å². The van der Waals surface area contributed by atoms with Gasteiger partial charge in [0.05, 0.1) is 6.10 Å². The Morgan fingerprint density at radius 1 is 1.23 bits per heavy atom. The molecule has 1 fully saturated rings. The Morgan fingerprint density at radius 2 is 1.95 bits per heavy atom. The zero-order valence-electron chi connectivity index (χ0n) is 13.3. The van der Waals surface area contributed by atoms with Gasteiger partial charge in [-0.2, -0.15) is 0 Å². The number of carbonyl (C=O) groups is 1. The van der Waals surface area contributed by atoms with Crippen LogP contribution in [0.15, 0.2) is 24.3 Å². The summed E-state index contributed by atoms with van der Waals surface area (Å²) < 4.78 is 0. The number of para-hydroxylation sites is 1. The van der Waals surface area contributed by atoms with Crippen LogP contribution in [0.5, 0.6) is 0 Å². The molecule has 0 aromatic heterocycles. The van der Waals surface area contributed by atoms with Crippen LogP contribution in [0.25, 0.3) is 0 Å². The normalized spacial score (nSPS) is 16.2. The molecule has 0 bridgehead atoms. The number of urea groups is 1. The van der Waals surface area contributed by atoms with Crippen molar-refractivity contribution < 1.29 is 9.90 Å². The second-order valence-corrected chi connectivity index (χ2v) is 5.92. The second kappa shape index (κ2) is 8.63. The third-order valence-corrected chi connectivity index (χ3v) is 3.98. The van der Waals surface area contributed by atoms with Gasteiger partial charge < -0.3 is 20.6 Å². The number of aliphatic hydroxyl groups excluding tert-OH is 1. The Morgan fingerprint density at radius 3 is 2.68 bits per heavy atom. The van der Waals surface area contributed by atoms with Gasteiger partial charge in [0.1, 0.15) is 0 Å². The van der Waals surface area contributed by atoms with Gasteiger partial charge in [-0.3, -0.25) is 0 Å². The summed E-state index contributed by atoms with van der Waals surface area (Å²) in [6.45, 7) is 4.91. The fourth-order valence-corrected chi connectivity index (χ4v) is 2.74. The zero-order valence-corrected chi connectivity index (χ0v) is 13.3. The van der Waals surface area contributed by atoms with Crippen molar-refractivity contribution in [1.29, 1.82) is 0 Å². The van der Waals surface area contributed by atoms with Crippen LogP contribution in [0.2, 0.25) is 0 Å². The van der Waals surface area contributed by atoms with E-state index < -0.39 is 0 Å². The molecular formula is C17H27N3O2. The summed E-state index contributed by atoms with van der Waals surface area (Å²) >= 11 is 0. The highest BCUT2D eigenvalue weighted by atomic mass is 16.3. The lowest BCUT2D eigenvalue weighted by atomic mass is 10.1. The molecule has 0 saturated carbocycles. The lowest BCUT2D eigenvalue weighted by Gasteiger charge is -2.30. The first-order valence-corrected chi connectivity index (χ1v) is 8.19. The Balaban J connectivity index is 1.85. The molecule has 22 heavy (non-hydrogen) atoms. The third kappa shape index (κ3) is 5.22. The largest absolute Gasteiger partial charge is 0.393 e. The number of rotatable bonds is 6. The van der Waals surface area contributed by atoms with Crippen molar-refractivity contribution in [2.45, 2.75) is 45.3 Å². The molecule has 0 spiro atoms. The lowest BCUT2D eigenvalue weighted by Crippen LogP contribution is -2.37. The van der Waals surface area contributed by atoms with Crippen LogP contribution in [-0.2, 0) is 6.54 Å². The molecule has 0 radical (unpaired) electrons. The molecule has 5 heteroatoms. The molecule has 2 amide bonds. The number of nitrogens with zero attached hydrogens (tertiary/aromatic N) is 1. The second-order valence-electron chi connectivity index (χ2n) is 5.92. The summed E-state index contributed by atoms with van der Waals surface area (Å²) in [5.74, 6) is 0. The van der Waals surface area contributed by atoms with Gasteiger partial charge in [-0.25, -0.2) is 4.79 Å². The van der Waals surface area contributed by atoms with Gasteiger partial charge in [-0.15, -0.1) is 0 Å². The van der Waals surface area contributed by atoms with E-state index in [1.165, 1.54) is 24.9 Å². The summed E-state index contributed by atoms with van der Waals surface area (Å²) in [5, 5.41) is 14.8. The Labute approximate surface area is 132 Å². The van der Waals surface area contributed by atoms with E-state index in [1.807, 2.05) is 6.07 Å². The lowest BCUT2D eigenvalue weighted by molar-refractivity contribution is 0.183. The molecule has 1 saturated heterocycles. The first kappa shape index (κ1) is 16.6. The number of benzene rings is 1. The van der Waals surface area contributed by atoms with Crippen LogP contribution in [0.3, 0.4) is 0 Å². The average Bonchev–Trinajstić information content (AvgIpc) is 2.54. The number of hydrogen-bond acceptors (Lipinski definition) is 3. The zero-order chi connectivity index (χ0) is 15.8. The van der Waals surface area contributed by atoms with E-state index >= 15 is 0 Å². The monoisotopic (exact) mass is 305 g/mol. The van der Waals surface area contributed by atoms with E-state index in [-0.39, 0.29) is 12.1 Å². The summed E-state index contributed by atoms with van der Waals surface area (Å²) in [5.41, 5.74) is 2.38. The Hall–Kier alpha value is -1.75. The van der Waals surface area contributed by atoms with Crippen molar-refractivity contribution in [3.63, 3.8) is 0 Å². The van der Waals surface area contributed by atoms with E-state index in [9.17, 15) is 9.90 Å². The maximum atomic E-state index is 11.8. The smallest absolute Gasteiger partial charge is 0.315 e. The molecule has 1 unspecified atom stereocenters. The van der Waals surface area contributed by atoms with E-state index in [0.29, 0.717) is 19.5 Å². The predicted molar refractivity (Wildman–Crippen MR) is 89.0 cm³/mol. The van der Waals surface area contributed by atoms with Gasteiger partial charge in [0.25, 0.3) is 0 Å². The predicted octanol–water partition coefficient (Wildman–Crippen LogP) is 2.25. The molecule has 0 aliphatic carbocycles. The van der Waals surface area contributed by atoms with Crippen LogP contribution < -0.4 is 15.5 Å². The Kier molecular flexibility index (Phi) is 6.52. The number of hydrogen-bond donors (Lipinski definition) is 3. The van der Waals surface area contributed by atoms with Gasteiger partial charge in [0.2, 0.25) is 0 Å². The SMILES string of the molecule is CC(O)CCNC(=O)NCc1ccccc1N1CCCCC1. The molecule has 5 nitrogen and oxygen atoms in total. The van der Waals surface area contributed by atoms with Crippen LogP contribution in [0.1, 0.15) is 38.2 Å². The maximum absolute atomic E-state index is 11.8. The van der Waals surface area contributed by atoms with Gasteiger partial charge in [0.15, 0.2) is 0 Å². The highest BCUT2D eigenvalue weighted by molar-refractivity contribution is 5.74. The summed E-state index contributed by atoms with van der Waals surface area (Å²) in [6.07, 6.45) is 3.96. The van der Waals surface area contributed by atoms with Crippen molar-refractivity contribution in [3.8, 4) is 0 Å². The Bertz CT molecular complexity index is 471. The van der Waals surface area contributed by atoms with Crippen LogP contribution >= 0.6 is 0 Å². The quantitative estimate of drug-likeness (QED) is 0.755.